The third-order valence-corrected chi connectivity index (χ3v) is 4.44. The Morgan fingerprint density at radius 2 is 1.79 bits per heavy atom. The van der Waals surface area contributed by atoms with Gasteiger partial charge in [-0.3, -0.25) is 9.59 Å². The lowest BCUT2D eigenvalue weighted by atomic mass is 9.92. The fourth-order valence-electron chi connectivity index (χ4n) is 3.14. The second-order valence-corrected chi connectivity index (χ2v) is 6.52. The molecular weight excluding hydrogens is 306 g/mol. The summed E-state index contributed by atoms with van der Waals surface area (Å²) in [5, 5.41) is 5.50. The van der Waals surface area contributed by atoms with Gasteiger partial charge in [0.25, 0.3) is 0 Å². The summed E-state index contributed by atoms with van der Waals surface area (Å²) in [6.45, 7) is 7.12. The molecular formula is C18H27N3O3. The average Bonchev–Trinajstić information content (AvgIpc) is 2.56. The fraction of sp³-hybridized carbons (Fsp3) is 0.556. The Balaban J connectivity index is 1.85. The van der Waals surface area contributed by atoms with Crippen LogP contribution in [0.3, 0.4) is 0 Å². The lowest BCUT2D eigenvalue weighted by Crippen LogP contribution is -2.48. The monoisotopic (exact) mass is 333 g/mol. The van der Waals surface area contributed by atoms with Crippen LogP contribution in [0.1, 0.15) is 29.5 Å². The molecule has 1 unspecified atom stereocenters. The van der Waals surface area contributed by atoms with Crippen molar-refractivity contribution in [1.29, 1.82) is 0 Å². The van der Waals surface area contributed by atoms with Gasteiger partial charge < -0.3 is 21.1 Å². The van der Waals surface area contributed by atoms with Gasteiger partial charge in [-0.15, -0.1) is 0 Å². The number of hydrogen-bond donors (Lipinski definition) is 3. The molecule has 1 atom stereocenters. The van der Waals surface area contributed by atoms with E-state index in [1.807, 2.05) is 32.9 Å². The zero-order valence-electron chi connectivity index (χ0n) is 14.6. The van der Waals surface area contributed by atoms with Gasteiger partial charge in [-0.1, -0.05) is 17.7 Å². The molecule has 1 aliphatic heterocycles. The number of ether oxygens (including phenoxy) is 1. The first-order chi connectivity index (χ1) is 11.4. The van der Waals surface area contributed by atoms with Gasteiger partial charge in [-0.25, -0.2) is 0 Å². The Morgan fingerprint density at radius 1 is 1.21 bits per heavy atom. The fourth-order valence-corrected chi connectivity index (χ4v) is 3.14. The molecule has 0 saturated carbocycles. The predicted molar refractivity (Wildman–Crippen MR) is 93.8 cm³/mol. The number of anilines is 1. The Labute approximate surface area is 143 Å². The third kappa shape index (κ3) is 4.79. The highest BCUT2D eigenvalue weighted by atomic mass is 16.5. The number of nitrogens with one attached hydrogen (secondary N) is 2. The van der Waals surface area contributed by atoms with E-state index in [9.17, 15) is 9.59 Å². The van der Waals surface area contributed by atoms with Crippen LogP contribution in [0.25, 0.3) is 0 Å². The molecule has 0 aromatic heterocycles. The molecule has 0 aliphatic carbocycles. The Kier molecular flexibility index (Phi) is 6.34. The van der Waals surface area contributed by atoms with E-state index < -0.39 is 6.04 Å². The van der Waals surface area contributed by atoms with Crippen LogP contribution in [0.15, 0.2) is 12.1 Å². The highest BCUT2D eigenvalue weighted by molar-refractivity contribution is 5.96. The standard InChI is InChI=1S/C18H27N3O3/c1-11-8-12(2)17(13(3)9-11)21-15(22)10-20-18(23)16(19)14-4-6-24-7-5-14/h8-9,14,16H,4-7,10,19H2,1-3H3,(H,20,23)(H,21,22). The summed E-state index contributed by atoms with van der Waals surface area (Å²) in [6.07, 6.45) is 1.56. The van der Waals surface area contributed by atoms with Crippen LogP contribution in [0.4, 0.5) is 5.69 Å². The molecule has 0 spiro atoms. The van der Waals surface area contributed by atoms with E-state index in [0.717, 1.165) is 35.2 Å². The molecule has 1 heterocycles. The van der Waals surface area contributed by atoms with Gasteiger partial charge in [-0.05, 0) is 50.7 Å². The van der Waals surface area contributed by atoms with Crippen LogP contribution >= 0.6 is 0 Å². The number of amides is 2. The summed E-state index contributed by atoms with van der Waals surface area (Å²) in [4.78, 5) is 24.2. The van der Waals surface area contributed by atoms with Gasteiger partial charge >= 0.3 is 0 Å². The molecule has 2 rings (SSSR count). The Bertz CT molecular complexity index is 587. The maximum absolute atomic E-state index is 12.1. The van der Waals surface area contributed by atoms with E-state index in [0.29, 0.717) is 13.2 Å². The summed E-state index contributed by atoms with van der Waals surface area (Å²) in [7, 11) is 0. The SMILES string of the molecule is Cc1cc(C)c(NC(=O)CNC(=O)C(N)C2CCOCC2)c(C)c1. The Morgan fingerprint density at radius 3 is 2.38 bits per heavy atom. The summed E-state index contributed by atoms with van der Waals surface area (Å²) in [6, 6.07) is 3.44. The molecule has 1 aromatic carbocycles. The van der Waals surface area contributed by atoms with Crippen molar-refractivity contribution in [2.45, 2.75) is 39.7 Å². The number of benzene rings is 1. The van der Waals surface area contributed by atoms with Crippen LogP contribution in [-0.4, -0.2) is 37.6 Å². The number of aryl methyl sites for hydroxylation is 3. The summed E-state index contributed by atoms with van der Waals surface area (Å²) in [5.74, 6) is -0.421. The lowest BCUT2D eigenvalue weighted by Gasteiger charge is -2.26. The van der Waals surface area contributed by atoms with Crippen molar-refractivity contribution in [2.24, 2.45) is 11.7 Å². The molecule has 132 valence electrons. The van der Waals surface area contributed by atoms with Crippen LogP contribution in [0.5, 0.6) is 0 Å². The molecule has 1 fully saturated rings. The van der Waals surface area contributed by atoms with E-state index in [1.54, 1.807) is 0 Å². The molecule has 1 saturated heterocycles. The molecule has 0 bridgehead atoms. The zero-order chi connectivity index (χ0) is 17.7. The van der Waals surface area contributed by atoms with E-state index >= 15 is 0 Å². The highest BCUT2D eigenvalue weighted by Crippen LogP contribution is 2.21. The van der Waals surface area contributed by atoms with E-state index in [4.69, 9.17) is 10.5 Å². The van der Waals surface area contributed by atoms with Crippen molar-refractivity contribution in [2.75, 3.05) is 25.1 Å². The number of rotatable bonds is 5. The van der Waals surface area contributed by atoms with Crippen LogP contribution in [0, 0.1) is 26.7 Å². The van der Waals surface area contributed by atoms with E-state index in [2.05, 4.69) is 10.6 Å². The topological polar surface area (TPSA) is 93.5 Å². The minimum absolute atomic E-state index is 0.0808. The second-order valence-electron chi connectivity index (χ2n) is 6.52. The number of nitrogens with two attached hydrogens (primary N) is 1. The van der Waals surface area contributed by atoms with Crippen molar-refractivity contribution in [3.05, 3.63) is 28.8 Å². The molecule has 6 nitrogen and oxygen atoms in total. The maximum atomic E-state index is 12.1. The zero-order valence-corrected chi connectivity index (χ0v) is 14.6. The number of hydrogen-bond acceptors (Lipinski definition) is 4. The Hall–Kier alpha value is -1.92. The highest BCUT2D eigenvalue weighted by Gasteiger charge is 2.26. The van der Waals surface area contributed by atoms with Crippen molar-refractivity contribution in [3.63, 3.8) is 0 Å². The van der Waals surface area contributed by atoms with E-state index in [1.165, 1.54) is 0 Å². The van der Waals surface area contributed by atoms with Gasteiger partial charge in [0.05, 0.1) is 12.6 Å². The van der Waals surface area contributed by atoms with E-state index in [-0.39, 0.29) is 24.3 Å². The third-order valence-electron chi connectivity index (χ3n) is 4.44. The van der Waals surface area contributed by atoms with Gasteiger partial charge in [0.1, 0.15) is 0 Å². The van der Waals surface area contributed by atoms with Gasteiger partial charge in [0.2, 0.25) is 11.8 Å². The molecule has 1 aliphatic rings. The van der Waals surface area contributed by atoms with Crippen molar-refractivity contribution in [1.82, 2.24) is 5.32 Å². The van der Waals surface area contributed by atoms with Crippen LogP contribution in [0.2, 0.25) is 0 Å². The average molecular weight is 333 g/mol. The van der Waals surface area contributed by atoms with Crippen molar-refractivity contribution >= 4 is 17.5 Å². The van der Waals surface area contributed by atoms with Crippen LogP contribution in [-0.2, 0) is 14.3 Å². The van der Waals surface area contributed by atoms with Gasteiger partial charge in [0, 0.05) is 18.9 Å². The second kappa shape index (κ2) is 8.26. The molecule has 6 heteroatoms. The molecule has 24 heavy (non-hydrogen) atoms. The molecule has 1 aromatic rings. The molecule has 4 N–H and O–H groups in total. The lowest BCUT2D eigenvalue weighted by molar-refractivity contribution is -0.126. The van der Waals surface area contributed by atoms with Crippen LogP contribution < -0.4 is 16.4 Å². The minimum atomic E-state index is -0.593. The van der Waals surface area contributed by atoms with Crippen molar-refractivity contribution in [3.8, 4) is 0 Å². The number of carbonyl (C=O) groups excluding carboxylic acids is 2. The first kappa shape index (κ1) is 18.4. The van der Waals surface area contributed by atoms with Gasteiger partial charge in [-0.2, -0.15) is 0 Å². The first-order valence-electron chi connectivity index (χ1n) is 8.37. The molecule has 0 radical (unpaired) electrons. The summed E-state index contributed by atoms with van der Waals surface area (Å²) >= 11 is 0. The number of carbonyl (C=O) groups is 2. The summed E-state index contributed by atoms with van der Waals surface area (Å²) < 4.78 is 5.27. The summed E-state index contributed by atoms with van der Waals surface area (Å²) in [5.41, 5.74) is 9.96. The quantitative estimate of drug-likeness (QED) is 0.760. The normalized spacial score (nSPS) is 16.5. The first-order valence-corrected chi connectivity index (χ1v) is 8.37. The molecule has 2 amide bonds. The largest absolute Gasteiger partial charge is 0.381 e. The maximum Gasteiger partial charge on any atom is 0.243 e. The van der Waals surface area contributed by atoms with Gasteiger partial charge in [0.15, 0.2) is 0 Å². The minimum Gasteiger partial charge on any atom is -0.381 e. The van der Waals surface area contributed by atoms with Crippen molar-refractivity contribution < 1.29 is 14.3 Å². The smallest absolute Gasteiger partial charge is 0.243 e. The predicted octanol–water partition coefficient (Wildman–Crippen LogP) is 1.42.